The van der Waals surface area contributed by atoms with Crippen molar-refractivity contribution in [1.29, 1.82) is 0 Å². The van der Waals surface area contributed by atoms with Gasteiger partial charge < -0.3 is 0 Å². The highest BCUT2D eigenvalue weighted by atomic mass is 32.2. The average Bonchev–Trinajstić information content (AvgIpc) is 2.97. The lowest BCUT2D eigenvalue weighted by Gasteiger charge is -2.11. The predicted octanol–water partition coefficient (Wildman–Crippen LogP) is 3.73. The first kappa shape index (κ1) is 20.0. The van der Waals surface area contributed by atoms with Crippen LogP contribution in [0, 0.1) is 0 Å². The lowest BCUT2D eigenvalue weighted by molar-refractivity contribution is -0.129. The molecule has 0 aliphatic carbocycles. The van der Waals surface area contributed by atoms with E-state index in [1.165, 1.54) is 4.90 Å². The van der Waals surface area contributed by atoms with Gasteiger partial charge in [0.2, 0.25) is 5.91 Å². The van der Waals surface area contributed by atoms with E-state index in [2.05, 4.69) is 4.98 Å². The van der Waals surface area contributed by atoms with Gasteiger partial charge in [-0.05, 0) is 42.8 Å². The van der Waals surface area contributed by atoms with E-state index in [1.54, 1.807) is 11.6 Å². The number of aromatic nitrogens is 1. The van der Waals surface area contributed by atoms with Crippen LogP contribution in [0.5, 0.6) is 0 Å². The molecule has 0 saturated carbocycles. The van der Waals surface area contributed by atoms with Crippen molar-refractivity contribution in [3.8, 4) is 0 Å². The third-order valence-electron chi connectivity index (χ3n) is 4.43. The minimum atomic E-state index is -0.404. The fourth-order valence-electron chi connectivity index (χ4n) is 2.95. The lowest BCUT2D eigenvalue weighted by Crippen LogP contribution is -2.29. The van der Waals surface area contributed by atoms with Crippen LogP contribution in [-0.4, -0.2) is 38.7 Å². The fourth-order valence-corrected chi connectivity index (χ4v) is 3.80. The van der Waals surface area contributed by atoms with Crippen molar-refractivity contribution in [1.82, 2.24) is 15.4 Å². The third kappa shape index (κ3) is 4.96. The van der Waals surface area contributed by atoms with E-state index >= 15 is 0 Å². The SMILES string of the molecule is O=C(CCCCCCN1C(=O)SC(=Cc2ccc3ccccc3n2)C1=O)NO. The molecule has 2 aromatic rings. The highest BCUT2D eigenvalue weighted by Gasteiger charge is 2.34. The molecule has 0 unspecified atom stereocenters. The molecule has 2 N–H and O–H groups in total. The minimum absolute atomic E-state index is 0.263. The van der Waals surface area contributed by atoms with Crippen LogP contribution in [0.2, 0.25) is 0 Å². The molecule has 0 bridgehead atoms. The Morgan fingerprint density at radius 1 is 1.11 bits per heavy atom. The van der Waals surface area contributed by atoms with E-state index in [0.717, 1.165) is 35.5 Å². The molecule has 1 aromatic heterocycles. The Morgan fingerprint density at radius 3 is 2.71 bits per heavy atom. The number of amides is 3. The van der Waals surface area contributed by atoms with Crippen molar-refractivity contribution >= 4 is 45.8 Å². The minimum Gasteiger partial charge on any atom is -0.289 e. The second-order valence-corrected chi connectivity index (χ2v) is 7.45. The summed E-state index contributed by atoms with van der Waals surface area (Å²) in [6, 6.07) is 11.5. The molecule has 7 nitrogen and oxygen atoms in total. The van der Waals surface area contributed by atoms with E-state index in [-0.39, 0.29) is 17.6 Å². The van der Waals surface area contributed by atoms with Crippen LogP contribution in [0.25, 0.3) is 17.0 Å². The molecule has 2 heterocycles. The maximum Gasteiger partial charge on any atom is 0.293 e. The molecule has 3 amide bonds. The molecule has 1 aliphatic heterocycles. The van der Waals surface area contributed by atoms with Crippen molar-refractivity contribution < 1.29 is 19.6 Å². The normalized spacial score (nSPS) is 15.6. The van der Waals surface area contributed by atoms with Gasteiger partial charge in [-0.2, -0.15) is 0 Å². The number of para-hydroxylation sites is 1. The predicted molar refractivity (Wildman–Crippen MR) is 107 cm³/mol. The number of hydrogen-bond acceptors (Lipinski definition) is 6. The van der Waals surface area contributed by atoms with Gasteiger partial charge in [0.15, 0.2) is 0 Å². The average molecular weight is 399 g/mol. The summed E-state index contributed by atoms with van der Waals surface area (Å²) < 4.78 is 0. The van der Waals surface area contributed by atoms with Gasteiger partial charge in [0.05, 0.1) is 16.1 Å². The first-order valence-electron chi connectivity index (χ1n) is 9.12. The number of nitrogens with one attached hydrogen (secondary N) is 1. The van der Waals surface area contributed by atoms with Crippen LogP contribution in [0.15, 0.2) is 41.3 Å². The van der Waals surface area contributed by atoms with Crippen LogP contribution in [-0.2, 0) is 9.59 Å². The number of carbonyl (C=O) groups excluding carboxylic acids is 3. The summed E-state index contributed by atoms with van der Waals surface area (Å²) in [6.07, 6.45) is 4.85. The molecular weight excluding hydrogens is 378 g/mol. The largest absolute Gasteiger partial charge is 0.293 e. The van der Waals surface area contributed by atoms with Crippen LogP contribution >= 0.6 is 11.8 Å². The number of hydrogen-bond donors (Lipinski definition) is 2. The van der Waals surface area contributed by atoms with Crippen molar-refractivity contribution in [2.24, 2.45) is 0 Å². The Bertz CT molecular complexity index is 929. The maximum atomic E-state index is 12.5. The lowest BCUT2D eigenvalue weighted by atomic mass is 10.1. The molecule has 3 rings (SSSR count). The number of carbonyl (C=O) groups is 3. The second-order valence-electron chi connectivity index (χ2n) is 6.46. The Kier molecular flexibility index (Phi) is 6.78. The van der Waals surface area contributed by atoms with Crippen molar-refractivity contribution in [3.63, 3.8) is 0 Å². The molecule has 0 atom stereocenters. The highest BCUT2D eigenvalue weighted by molar-refractivity contribution is 8.18. The summed E-state index contributed by atoms with van der Waals surface area (Å²) in [5, 5.41) is 9.18. The summed E-state index contributed by atoms with van der Waals surface area (Å²) in [6.45, 7) is 0.360. The zero-order valence-electron chi connectivity index (χ0n) is 15.3. The number of pyridine rings is 1. The van der Waals surface area contributed by atoms with E-state index < -0.39 is 5.91 Å². The molecule has 1 fully saturated rings. The standard InChI is InChI=1S/C20H21N3O4S/c24-18(22-27)9-3-1-2-6-12-23-19(25)17(28-20(23)26)13-15-11-10-14-7-4-5-8-16(14)21-15/h4-5,7-8,10-11,13,27H,1-3,6,9,12H2,(H,22,24). The van der Waals surface area contributed by atoms with Crippen LogP contribution in [0.1, 0.15) is 37.8 Å². The summed E-state index contributed by atoms with van der Waals surface area (Å²) >= 11 is 0.935. The smallest absolute Gasteiger partial charge is 0.289 e. The van der Waals surface area contributed by atoms with Gasteiger partial charge in [0, 0.05) is 18.4 Å². The molecule has 1 aromatic carbocycles. The van der Waals surface area contributed by atoms with Crippen molar-refractivity contribution in [3.05, 3.63) is 47.0 Å². The van der Waals surface area contributed by atoms with Gasteiger partial charge in [-0.25, -0.2) is 10.5 Å². The van der Waals surface area contributed by atoms with Crippen LogP contribution < -0.4 is 5.48 Å². The quantitative estimate of drug-likeness (QED) is 0.304. The fraction of sp³-hybridized carbons (Fsp3) is 0.300. The maximum absolute atomic E-state index is 12.5. The molecule has 1 aliphatic rings. The van der Waals surface area contributed by atoms with Crippen molar-refractivity contribution in [2.75, 3.05) is 6.54 Å². The zero-order valence-corrected chi connectivity index (χ0v) is 16.1. The van der Waals surface area contributed by atoms with Gasteiger partial charge in [-0.15, -0.1) is 0 Å². The number of imide groups is 1. The monoisotopic (exact) mass is 399 g/mol. The molecule has 146 valence electrons. The van der Waals surface area contributed by atoms with Crippen molar-refractivity contribution in [2.45, 2.75) is 32.1 Å². The number of nitrogens with zero attached hydrogens (tertiary/aromatic N) is 2. The number of rotatable bonds is 8. The number of unbranched alkanes of at least 4 members (excludes halogenated alkanes) is 3. The van der Waals surface area contributed by atoms with Crippen LogP contribution in [0.3, 0.4) is 0 Å². The molecule has 0 radical (unpaired) electrons. The van der Waals surface area contributed by atoms with E-state index in [0.29, 0.717) is 30.0 Å². The summed E-state index contributed by atoms with van der Waals surface area (Å²) in [5.41, 5.74) is 3.08. The Balaban J connectivity index is 1.55. The number of benzene rings is 1. The summed E-state index contributed by atoms with van der Waals surface area (Å²) in [7, 11) is 0. The first-order chi connectivity index (χ1) is 13.6. The number of thioether (sulfide) groups is 1. The Labute approximate surface area is 166 Å². The van der Waals surface area contributed by atoms with E-state index in [1.807, 2.05) is 36.4 Å². The van der Waals surface area contributed by atoms with E-state index in [9.17, 15) is 14.4 Å². The number of hydroxylamine groups is 1. The third-order valence-corrected chi connectivity index (χ3v) is 5.34. The number of fused-ring (bicyclic) bond motifs is 1. The first-order valence-corrected chi connectivity index (χ1v) is 9.94. The van der Waals surface area contributed by atoms with Gasteiger partial charge in [0.25, 0.3) is 11.1 Å². The van der Waals surface area contributed by atoms with Crippen LogP contribution in [0.4, 0.5) is 4.79 Å². The van der Waals surface area contributed by atoms with Gasteiger partial charge in [-0.3, -0.25) is 24.5 Å². The molecule has 0 spiro atoms. The van der Waals surface area contributed by atoms with E-state index in [4.69, 9.17) is 5.21 Å². The van der Waals surface area contributed by atoms with Gasteiger partial charge in [0.1, 0.15) is 0 Å². The van der Waals surface area contributed by atoms with Gasteiger partial charge >= 0.3 is 0 Å². The second kappa shape index (κ2) is 9.48. The molecule has 1 saturated heterocycles. The van der Waals surface area contributed by atoms with Gasteiger partial charge in [-0.1, -0.05) is 37.1 Å². The molecule has 8 heteroatoms. The molecular formula is C20H21N3O4S. The Morgan fingerprint density at radius 2 is 1.89 bits per heavy atom. The zero-order chi connectivity index (χ0) is 19.9. The molecule has 28 heavy (non-hydrogen) atoms. The summed E-state index contributed by atoms with van der Waals surface area (Å²) in [5.74, 6) is -0.692. The summed E-state index contributed by atoms with van der Waals surface area (Å²) in [4.78, 5) is 41.8. The Hall–Kier alpha value is -2.71. The highest BCUT2D eigenvalue weighted by Crippen LogP contribution is 2.32. The topological polar surface area (TPSA) is 99.6 Å².